The second-order valence-corrected chi connectivity index (χ2v) is 8.48. The minimum absolute atomic E-state index is 0.0533. The molecular formula is C22H27N3O2S. The molecule has 1 unspecified atom stereocenters. The number of thiophene rings is 1. The highest BCUT2D eigenvalue weighted by molar-refractivity contribution is 7.10. The van der Waals surface area contributed by atoms with Crippen molar-refractivity contribution < 1.29 is 9.53 Å². The molecule has 1 aliphatic rings. The Hall–Kier alpha value is -2.15. The van der Waals surface area contributed by atoms with Crippen molar-refractivity contribution in [1.29, 1.82) is 0 Å². The van der Waals surface area contributed by atoms with Gasteiger partial charge in [0.25, 0.3) is 5.91 Å². The highest BCUT2D eigenvalue weighted by atomic mass is 32.1. The van der Waals surface area contributed by atoms with Crippen LogP contribution in [0.25, 0.3) is 10.9 Å². The van der Waals surface area contributed by atoms with Gasteiger partial charge in [0.15, 0.2) is 0 Å². The smallest absolute Gasteiger partial charge is 0.267 e. The summed E-state index contributed by atoms with van der Waals surface area (Å²) in [5.74, 6) is -0.0533. The number of aromatic amines is 1. The molecule has 0 bridgehead atoms. The van der Waals surface area contributed by atoms with Gasteiger partial charge in [0.2, 0.25) is 0 Å². The third-order valence-corrected chi connectivity index (χ3v) is 6.67. The molecule has 1 aromatic carbocycles. The van der Waals surface area contributed by atoms with Crippen LogP contribution in [-0.2, 0) is 4.74 Å². The zero-order chi connectivity index (χ0) is 19.7. The number of benzene rings is 1. The first-order chi connectivity index (χ1) is 13.5. The van der Waals surface area contributed by atoms with Crippen LogP contribution in [0, 0.1) is 20.8 Å². The van der Waals surface area contributed by atoms with Crippen molar-refractivity contribution in [2.24, 2.45) is 0 Å². The maximum atomic E-state index is 12.9. The summed E-state index contributed by atoms with van der Waals surface area (Å²) in [5, 5.41) is 6.37. The van der Waals surface area contributed by atoms with Crippen molar-refractivity contribution in [3.05, 3.63) is 56.9 Å². The number of nitrogens with zero attached hydrogens (tertiary/aromatic N) is 1. The Morgan fingerprint density at radius 2 is 2.04 bits per heavy atom. The van der Waals surface area contributed by atoms with E-state index in [1.807, 2.05) is 6.07 Å². The van der Waals surface area contributed by atoms with Crippen LogP contribution in [0.15, 0.2) is 29.6 Å². The monoisotopic (exact) mass is 397 g/mol. The molecule has 3 aromatic rings. The Kier molecular flexibility index (Phi) is 5.53. The number of rotatable bonds is 5. The summed E-state index contributed by atoms with van der Waals surface area (Å²) in [4.78, 5) is 19.9. The first kappa shape index (κ1) is 19.2. The fourth-order valence-corrected chi connectivity index (χ4v) is 4.82. The highest BCUT2D eigenvalue weighted by Crippen LogP contribution is 2.27. The van der Waals surface area contributed by atoms with E-state index in [0.29, 0.717) is 12.2 Å². The molecule has 0 spiro atoms. The number of carbonyl (C=O) groups is 1. The minimum atomic E-state index is -0.0533. The van der Waals surface area contributed by atoms with Crippen molar-refractivity contribution in [2.75, 3.05) is 32.8 Å². The third kappa shape index (κ3) is 3.72. The zero-order valence-electron chi connectivity index (χ0n) is 16.7. The Morgan fingerprint density at radius 3 is 2.75 bits per heavy atom. The van der Waals surface area contributed by atoms with Crippen LogP contribution in [0.5, 0.6) is 0 Å². The van der Waals surface area contributed by atoms with Gasteiger partial charge in [-0.3, -0.25) is 9.69 Å². The Labute approximate surface area is 169 Å². The number of ether oxygens (including phenoxy) is 1. The second kappa shape index (κ2) is 8.07. The average Bonchev–Trinajstić information content (AvgIpc) is 3.38. The summed E-state index contributed by atoms with van der Waals surface area (Å²) in [5.41, 5.74) is 5.32. The number of aryl methyl sites for hydroxylation is 3. The van der Waals surface area contributed by atoms with E-state index in [1.165, 1.54) is 21.6 Å². The third-order valence-electron chi connectivity index (χ3n) is 5.70. The number of hydrogen-bond acceptors (Lipinski definition) is 4. The van der Waals surface area contributed by atoms with E-state index in [4.69, 9.17) is 4.74 Å². The van der Waals surface area contributed by atoms with E-state index in [1.54, 1.807) is 11.3 Å². The average molecular weight is 398 g/mol. The van der Waals surface area contributed by atoms with E-state index < -0.39 is 0 Å². The van der Waals surface area contributed by atoms with Crippen molar-refractivity contribution in [3.63, 3.8) is 0 Å². The largest absolute Gasteiger partial charge is 0.379 e. The summed E-state index contributed by atoms with van der Waals surface area (Å²) in [7, 11) is 0. The quantitative estimate of drug-likeness (QED) is 0.685. The van der Waals surface area contributed by atoms with Crippen LogP contribution in [0.4, 0.5) is 0 Å². The molecular weight excluding hydrogens is 370 g/mol. The first-order valence-corrected chi connectivity index (χ1v) is 10.7. The van der Waals surface area contributed by atoms with Crippen LogP contribution in [0.1, 0.15) is 38.1 Å². The SMILES string of the molecule is Cc1cc(C)c2cc(C(=O)NCC(c3cccs3)N3CCOCC3)[nH]c2c1C. The van der Waals surface area contributed by atoms with E-state index in [2.05, 4.69) is 59.6 Å². The van der Waals surface area contributed by atoms with Crippen LogP contribution in [0.2, 0.25) is 0 Å². The number of H-pyrrole nitrogens is 1. The van der Waals surface area contributed by atoms with Gasteiger partial charge >= 0.3 is 0 Å². The van der Waals surface area contributed by atoms with E-state index >= 15 is 0 Å². The first-order valence-electron chi connectivity index (χ1n) is 9.77. The van der Waals surface area contributed by atoms with Gasteiger partial charge in [-0.05, 0) is 55.0 Å². The van der Waals surface area contributed by atoms with Crippen LogP contribution < -0.4 is 5.32 Å². The highest BCUT2D eigenvalue weighted by Gasteiger charge is 2.24. The second-order valence-electron chi connectivity index (χ2n) is 7.50. The normalized spacial score (nSPS) is 16.4. The zero-order valence-corrected chi connectivity index (χ0v) is 17.5. The van der Waals surface area contributed by atoms with Gasteiger partial charge in [-0.1, -0.05) is 12.1 Å². The Bertz CT molecular complexity index is 971. The van der Waals surface area contributed by atoms with E-state index in [9.17, 15) is 4.79 Å². The maximum absolute atomic E-state index is 12.9. The van der Waals surface area contributed by atoms with Gasteiger partial charge < -0.3 is 15.0 Å². The fourth-order valence-electron chi connectivity index (χ4n) is 3.96. The number of aromatic nitrogens is 1. The summed E-state index contributed by atoms with van der Waals surface area (Å²) in [6.07, 6.45) is 0. The predicted octanol–water partition coefficient (Wildman–Crippen LogP) is 3.96. The number of carbonyl (C=O) groups excluding carboxylic acids is 1. The molecule has 6 heteroatoms. The number of nitrogens with one attached hydrogen (secondary N) is 2. The van der Waals surface area contributed by atoms with Gasteiger partial charge in [0, 0.05) is 35.4 Å². The van der Waals surface area contributed by atoms with Gasteiger partial charge in [-0.2, -0.15) is 0 Å². The van der Waals surface area contributed by atoms with Crippen LogP contribution in [-0.4, -0.2) is 48.6 Å². The van der Waals surface area contributed by atoms with Crippen molar-refractivity contribution in [3.8, 4) is 0 Å². The van der Waals surface area contributed by atoms with Crippen molar-refractivity contribution >= 4 is 28.1 Å². The van der Waals surface area contributed by atoms with Gasteiger partial charge in [-0.25, -0.2) is 0 Å². The standard InChI is InChI=1S/C22H27N3O2S/c1-14-11-15(2)17-12-18(24-21(17)16(14)3)22(26)23-13-19(20-5-4-10-28-20)25-6-8-27-9-7-25/h4-5,10-12,19,24H,6-9,13H2,1-3H3,(H,23,26). The molecule has 2 N–H and O–H groups in total. The lowest BCUT2D eigenvalue weighted by molar-refractivity contribution is 0.0169. The van der Waals surface area contributed by atoms with E-state index in [-0.39, 0.29) is 11.9 Å². The molecule has 1 amide bonds. The Balaban J connectivity index is 1.53. The number of fused-ring (bicyclic) bond motifs is 1. The molecule has 1 atom stereocenters. The lowest BCUT2D eigenvalue weighted by Gasteiger charge is -2.34. The molecule has 2 aromatic heterocycles. The molecule has 4 rings (SSSR count). The maximum Gasteiger partial charge on any atom is 0.267 e. The van der Waals surface area contributed by atoms with Gasteiger partial charge in [0.05, 0.1) is 19.3 Å². The summed E-state index contributed by atoms with van der Waals surface area (Å²) in [6, 6.07) is 8.55. The number of hydrogen-bond donors (Lipinski definition) is 2. The fraction of sp³-hybridized carbons (Fsp3) is 0.409. The molecule has 148 valence electrons. The Morgan fingerprint density at radius 1 is 1.25 bits per heavy atom. The lowest BCUT2D eigenvalue weighted by atomic mass is 10.0. The molecule has 1 aliphatic heterocycles. The summed E-state index contributed by atoms with van der Waals surface area (Å²) < 4.78 is 5.50. The molecule has 1 saturated heterocycles. The molecule has 0 saturated carbocycles. The molecule has 0 aliphatic carbocycles. The van der Waals surface area contributed by atoms with Crippen molar-refractivity contribution in [2.45, 2.75) is 26.8 Å². The predicted molar refractivity (Wildman–Crippen MR) is 114 cm³/mol. The van der Waals surface area contributed by atoms with E-state index in [0.717, 1.165) is 37.2 Å². The van der Waals surface area contributed by atoms with Crippen molar-refractivity contribution in [1.82, 2.24) is 15.2 Å². The van der Waals surface area contributed by atoms with Crippen LogP contribution >= 0.6 is 11.3 Å². The van der Waals surface area contributed by atoms with Gasteiger partial charge in [0.1, 0.15) is 5.69 Å². The summed E-state index contributed by atoms with van der Waals surface area (Å²) in [6.45, 7) is 10.2. The van der Waals surface area contributed by atoms with Crippen LogP contribution in [0.3, 0.4) is 0 Å². The molecule has 3 heterocycles. The summed E-state index contributed by atoms with van der Waals surface area (Å²) >= 11 is 1.74. The lowest BCUT2D eigenvalue weighted by Crippen LogP contribution is -2.43. The number of amides is 1. The molecule has 1 fully saturated rings. The molecule has 5 nitrogen and oxygen atoms in total. The van der Waals surface area contributed by atoms with Gasteiger partial charge in [-0.15, -0.1) is 11.3 Å². The number of morpholine rings is 1. The topological polar surface area (TPSA) is 57.4 Å². The molecule has 28 heavy (non-hydrogen) atoms. The minimum Gasteiger partial charge on any atom is -0.379 e. The molecule has 0 radical (unpaired) electrons.